The predicted molar refractivity (Wildman–Crippen MR) is 90.2 cm³/mol. The van der Waals surface area contributed by atoms with Crippen LogP contribution in [0.5, 0.6) is 0 Å². The Kier molecular flexibility index (Phi) is 7.48. The molecular formula is C18H25N3O4. The molecule has 1 fully saturated rings. The van der Waals surface area contributed by atoms with E-state index in [0.717, 1.165) is 5.76 Å². The number of furan rings is 1. The van der Waals surface area contributed by atoms with Crippen molar-refractivity contribution in [3.05, 3.63) is 24.2 Å². The van der Waals surface area contributed by atoms with Crippen molar-refractivity contribution in [2.24, 2.45) is 5.92 Å². The second-order valence-electron chi connectivity index (χ2n) is 6.11. The van der Waals surface area contributed by atoms with Crippen molar-refractivity contribution in [2.45, 2.75) is 32.7 Å². The Bertz CT molecular complexity index is 586. The van der Waals surface area contributed by atoms with Crippen LogP contribution < -0.4 is 0 Å². The minimum atomic E-state index is -0.164. The number of carbonyl (C=O) groups excluding carboxylic acids is 2. The number of ether oxygens (including phenoxy) is 1. The number of likely N-dealkylation sites (tertiary alicyclic amines) is 1. The summed E-state index contributed by atoms with van der Waals surface area (Å²) in [5, 5.41) is 8.81. The maximum absolute atomic E-state index is 12.6. The lowest BCUT2D eigenvalue weighted by Crippen LogP contribution is -2.45. The van der Waals surface area contributed by atoms with Crippen LogP contribution in [0.3, 0.4) is 0 Å². The monoisotopic (exact) mass is 347 g/mol. The van der Waals surface area contributed by atoms with Gasteiger partial charge in [0.15, 0.2) is 0 Å². The minimum absolute atomic E-state index is 0.0202. The van der Waals surface area contributed by atoms with Gasteiger partial charge < -0.3 is 14.1 Å². The van der Waals surface area contributed by atoms with E-state index < -0.39 is 0 Å². The van der Waals surface area contributed by atoms with Crippen LogP contribution in [-0.4, -0.2) is 54.5 Å². The molecular weight excluding hydrogens is 322 g/mol. The van der Waals surface area contributed by atoms with Crippen molar-refractivity contribution >= 4 is 11.9 Å². The lowest BCUT2D eigenvalue weighted by atomic mass is 9.97. The lowest BCUT2D eigenvalue weighted by molar-refractivity contribution is -0.151. The summed E-state index contributed by atoms with van der Waals surface area (Å²) >= 11 is 0. The Morgan fingerprint density at radius 1 is 1.44 bits per heavy atom. The van der Waals surface area contributed by atoms with Crippen LogP contribution in [0.25, 0.3) is 0 Å². The highest BCUT2D eigenvalue weighted by molar-refractivity contribution is 5.79. The summed E-state index contributed by atoms with van der Waals surface area (Å²) in [5.74, 6) is 0.517. The molecule has 0 spiro atoms. The van der Waals surface area contributed by atoms with Crippen LogP contribution in [0.15, 0.2) is 22.8 Å². The molecule has 0 radical (unpaired) electrons. The van der Waals surface area contributed by atoms with Crippen molar-refractivity contribution in [2.75, 3.05) is 32.8 Å². The molecule has 0 saturated carbocycles. The van der Waals surface area contributed by atoms with Gasteiger partial charge in [-0.15, -0.1) is 0 Å². The van der Waals surface area contributed by atoms with E-state index in [1.165, 1.54) is 0 Å². The number of piperidine rings is 1. The van der Waals surface area contributed by atoms with Gasteiger partial charge in [-0.05, 0) is 31.9 Å². The molecule has 136 valence electrons. The molecule has 2 heterocycles. The van der Waals surface area contributed by atoms with Gasteiger partial charge in [-0.2, -0.15) is 5.26 Å². The number of esters is 1. The molecule has 7 heteroatoms. The van der Waals surface area contributed by atoms with Gasteiger partial charge in [0.25, 0.3) is 0 Å². The van der Waals surface area contributed by atoms with Crippen molar-refractivity contribution in [3.63, 3.8) is 0 Å². The summed E-state index contributed by atoms with van der Waals surface area (Å²) in [7, 11) is 0. The molecule has 0 unspecified atom stereocenters. The van der Waals surface area contributed by atoms with Crippen LogP contribution in [-0.2, 0) is 20.9 Å². The summed E-state index contributed by atoms with van der Waals surface area (Å²) in [6, 6.07) is 5.77. The number of rotatable bonds is 8. The average molecular weight is 347 g/mol. The third kappa shape index (κ3) is 5.91. The van der Waals surface area contributed by atoms with Crippen molar-refractivity contribution in [3.8, 4) is 6.07 Å². The van der Waals surface area contributed by atoms with E-state index in [1.807, 2.05) is 11.0 Å². The van der Waals surface area contributed by atoms with Crippen LogP contribution in [0.4, 0.5) is 0 Å². The fourth-order valence-electron chi connectivity index (χ4n) is 2.96. The van der Waals surface area contributed by atoms with Crippen molar-refractivity contribution in [1.29, 1.82) is 5.26 Å². The Balaban J connectivity index is 1.84. The third-order valence-electron chi connectivity index (χ3n) is 4.33. The first kappa shape index (κ1) is 19.0. The van der Waals surface area contributed by atoms with Gasteiger partial charge >= 0.3 is 5.97 Å². The summed E-state index contributed by atoms with van der Waals surface area (Å²) in [6.45, 7) is 4.57. The van der Waals surface area contributed by atoms with Gasteiger partial charge in [0.2, 0.25) is 5.91 Å². The summed E-state index contributed by atoms with van der Waals surface area (Å²) in [6.07, 6.45) is 3.24. The van der Waals surface area contributed by atoms with Gasteiger partial charge in [-0.1, -0.05) is 0 Å². The zero-order valence-electron chi connectivity index (χ0n) is 14.6. The molecule has 0 bridgehead atoms. The van der Waals surface area contributed by atoms with E-state index in [0.29, 0.717) is 52.0 Å². The largest absolute Gasteiger partial charge is 0.468 e. The standard InChI is InChI=1S/C18H25N3O4/c1-2-24-18(23)15-6-10-21(11-7-15)17(22)14-20(9-4-8-19)13-16-5-3-12-25-16/h3,5,12,15H,2,4,6-7,9-11,13-14H2,1H3. The molecule has 1 aliphatic rings. The smallest absolute Gasteiger partial charge is 0.309 e. The highest BCUT2D eigenvalue weighted by Gasteiger charge is 2.28. The number of hydrogen-bond acceptors (Lipinski definition) is 6. The van der Waals surface area contributed by atoms with Crippen molar-refractivity contribution in [1.82, 2.24) is 9.80 Å². The van der Waals surface area contributed by atoms with Crippen molar-refractivity contribution < 1.29 is 18.7 Å². The van der Waals surface area contributed by atoms with Gasteiger partial charge in [0.05, 0.1) is 37.9 Å². The van der Waals surface area contributed by atoms with Gasteiger partial charge in [-0.25, -0.2) is 0 Å². The van der Waals surface area contributed by atoms with Crippen LogP contribution in [0.2, 0.25) is 0 Å². The number of carbonyl (C=O) groups is 2. The van der Waals surface area contributed by atoms with Crippen LogP contribution in [0.1, 0.15) is 31.9 Å². The van der Waals surface area contributed by atoms with E-state index >= 15 is 0 Å². The second-order valence-corrected chi connectivity index (χ2v) is 6.11. The second kappa shape index (κ2) is 9.84. The van der Waals surface area contributed by atoms with E-state index in [4.69, 9.17) is 14.4 Å². The first-order chi connectivity index (χ1) is 12.1. The Morgan fingerprint density at radius 2 is 2.20 bits per heavy atom. The molecule has 0 atom stereocenters. The molecule has 1 aromatic rings. The molecule has 1 amide bonds. The highest BCUT2D eigenvalue weighted by Crippen LogP contribution is 2.19. The molecule has 25 heavy (non-hydrogen) atoms. The number of amides is 1. The molecule has 0 aliphatic carbocycles. The quantitative estimate of drug-likeness (QED) is 0.667. The van der Waals surface area contributed by atoms with E-state index in [1.54, 1.807) is 24.2 Å². The summed E-state index contributed by atoms with van der Waals surface area (Å²) in [4.78, 5) is 28.0. The van der Waals surface area contributed by atoms with Gasteiger partial charge in [0.1, 0.15) is 5.76 Å². The van der Waals surface area contributed by atoms with Crippen LogP contribution in [0, 0.1) is 17.2 Å². The highest BCUT2D eigenvalue weighted by atomic mass is 16.5. The number of nitrogens with zero attached hydrogens (tertiary/aromatic N) is 3. The number of hydrogen-bond donors (Lipinski definition) is 0. The average Bonchev–Trinajstić information content (AvgIpc) is 3.13. The fraction of sp³-hybridized carbons (Fsp3) is 0.611. The van der Waals surface area contributed by atoms with Gasteiger partial charge in [0, 0.05) is 26.1 Å². The summed E-state index contributed by atoms with van der Waals surface area (Å²) < 4.78 is 10.4. The maximum atomic E-state index is 12.6. The maximum Gasteiger partial charge on any atom is 0.309 e. The molecule has 1 aliphatic heterocycles. The SMILES string of the molecule is CCOC(=O)C1CCN(C(=O)CN(CCC#N)Cc2ccco2)CC1. The van der Waals surface area contributed by atoms with Crippen LogP contribution >= 0.6 is 0 Å². The lowest BCUT2D eigenvalue weighted by Gasteiger charge is -2.32. The third-order valence-corrected chi connectivity index (χ3v) is 4.33. The van der Waals surface area contributed by atoms with Gasteiger partial charge in [-0.3, -0.25) is 14.5 Å². The zero-order valence-corrected chi connectivity index (χ0v) is 14.6. The number of nitriles is 1. The first-order valence-corrected chi connectivity index (χ1v) is 8.70. The summed E-state index contributed by atoms with van der Waals surface area (Å²) in [5.41, 5.74) is 0. The topological polar surface area (TPSA) is 86.8 Å². The zero-order chi connectivity index (χ0) is 18.1. The minimum Gasteiger partial charge on any atom is -0.468 e. The molecule has 2 rings (SSSR count). The predicted octanol–water partition coefficient (Wildman–Crippen LogP) is 1.80. The van der Waals surface area contributed by atoms with E-state index in [9.17, 15) is 9.59 Å². The molecule has 1 saturated heterocycles. The molecule has 0 N–H and O–H groups in total. The molecule has 7 nitrogen and oxygen atoms in total. The molecule has 1 aromatic heterocycles. The fourth-order valence-corrected chi connectivity index (χ4v) is 2.96. The Morgan fingerprint density at radius 3 is 2.80 bits per heavy atom. The Labute approximate surface area is 148 Å². The van der Waals surface area contributed by atoms with E-state index in [-0.39, 0.29) is 24.3 Å². The van der Waals surface area contributed by atoms with E-state index in [2.05, 4.69) is 6.07 Å². The molecule has 0 aromatic carbocycles. The Hall–Kier alpha value is -2.33. The first-order valence-electron chi connectivity index (χ1n) is 8.70. The normalized spacial score (nSPS) is 15.2.